The molecule has 38 N–H and O–H groups in total. The monoisotopic (exact) mass is 2090 g/mol. The molecule has 52 nitrogen and oxygen atoms in total. The average molecular weight is 2090 g/mol. The van der Waals surface area contributed by atoms with E-state index in [9.17, 15) is 117 Å². The highest BCUT2D eigenvalue weighted by Crippen LogP contribution is 2.27. The van der Waals surface area contributed by atoms with Crippen LogP contribution in [0.4, 0.5) is 0 Å². The maximum Gasteiger partial charge on any atom is 0.328 e. The van der Waals surface area contributed by atoms with Crippen LogP contribution in [0.15, 0.2) is 172 Å². The summed E-state index contributed by atoms with van der Waals surface area (Å²) in [5.74, 6) is -16.8. The third-order valence-corrected chi connectivity index (χ3v) is 23.8. The first-order valence-corrected chi connectivity index (χ1v) is 49.8. The molecule has 1 saturated heterocycles. The molecule has 5 aromatic rings. The highest BCUT2D eigenvalue weighted by molar-refractivity contribution is 7.98. The van der Waals surface area contributed by atoms with Crippen molar-refractivity contribution in [2.45, 2.75) is 246 Å². The summed E-state index contributed by atoms with van der Waals surface area (Å²) >= 11 is 1.26. The number of likely N-dealkylation sites (tertiary alicyclic amines) is 1. The highest BCUT2D eigenvalue weighted by atomic mass is 32.2. The van der Waals surface area contributed by atoms with Crippen molar-refractivity contribution in [3.63, 3.8) is 0 Å². The molecule has 1 aliphatic heterocycles. The number of guanidine groups is 2. The largest absolute Gasteiger partial charge is 0.508 e. The Kier molecular flexibility index (Phi) is 53.6. The molecule has 3 heterocycles. The standard InChI is InChI=1S/C95H145N29O23S/c1-53(2)78(91(144)109-49-75(128)111-62(22-9-12-35-96)81(134)113-63(23-10-13-36-97)82(135)117-68(93(146)147)26-16-39-106-95(102)103)123-90(143)74-27-17-40-124(74)92(145)67(24-11-14-37-98)112-76(129)48-108-80(133)71(44-56-46-107-61-21-8-7-20-59(56)61)120-83(136)64(25-15-38-105-94(100)101)114-86(139)70(42-54-18-5-4-6-19-54)119-88(141)72(45-57-47-104-52-110-57)121-84(137)65(32-33-77(130)131)115-85(138)66(34-41-148-3)116-89(142)73(51-126)122-87(140)69(118-79(132)60(99)50-125)43-55-28-30-58(127)31-29-55/h4-8,18-21,28-31,46-47,52-53,60,62-74,78,107,125-127H,9-17,22-27,32-45,48-51,96-99H2,1-3H3,(H,104,110)(H,108,133)(H,109,144)(H,111,128)(H,112,129)(H,113,134)(H,114,139)(H,115,138)(H,116,142)(H,117,135)(H,118,132)(H,119,141)(H,120,136)(H,121,137)(H,122,140)(H,123,143)(H,130,131)(H,146,147)(H4,100,101,105)(H4,102,103,106)/t60-,62-,63-,64+,65+,66+,67+,68-,69+,70+,71+,72+,73+,74-,78-/m0/s1. The number of nitrogens with two attached hydrogens (primary N) is 6. The van der Waals surface area contributed by atoms with Crippen LogP contribution in [0.25, 0.3) is 10.9 Å². The zero-order valence-corrected chi connectivity index (χ0v) is 83.8. The number of nitrogens with one attached hydrogen (secondary N) is 6. The number of phenolic OH excluding ortho intramolecular Hbond substituents is 1. The van der Waals surface area contributed by atoms with Gasteiger partial charge >= 0.3 is 11.9 Å². The number of aliphatic hydroxyl groups is 17. The van der Waals surface area contributed by atoms with Gasteiger partial charge in [0.25, 0.3) is 0 Å². The molecule has 0 bridgehead atoms. The van der Waals surface area contributed by atoms with Crippen molar-refractivity contribution < 1.29 is 117 Å². The summed E-state index contributed by atoms with van der Waals surface area (Å²) in [4.78, 5) is 115. The molecule has 0 radical (unpaired) electrons. The Bertz CT molecular complexity index is 5480. The molecule has 6 rings (SSSR count). The van der Waals surface area contributed by atoms with E-state index in [-0.39, 0.29) is 146 Å². The fourth-order valence-electron chi connectivity index (χ4n) is 15.2. The Hall–Kier alpha value is -14.7. The van der Waals surface area contributed by atoms with Gasteiger partial charge in [-0.3, -0.25) is 20.4 Å². The Labute approximate surface area is 858 Å². The lowest BCUT2D eigenvalue weighted by Crippen LogP contribution is -2.46. The first kappa shape index (κ1) is 122. The van der Waals surface area contributed by atoms with E-state index in [4.69, 9.17) is 45.2 Å². The van der Waals surface area contributed by atoms with Gasteiger partial charge in [0.15, 0.2) is 24.0 Å². The molecule has 1 fully saturated rings. The molecule has 148 heavy (non-hydrogen) atoms. The van der Waals surface area contributed by atoms with Crippen molar-refractivity contribution in [3.05, 3.63) is 120 Å². The molecule has 53 heteroatoms. The number of carbonyl (C=O) groups excluding carboxylic acids is 1. The number of aromatic amines is 2. The van der Waals surface area contributed by atoms with Crippen molar-refractivity contribution in [2.75, 3.05) is 77.6 Å². The number of aliphatic carboxylic acids is 2. The number of imidazole rings is 1. The molecule has 0 unspecified atom stereocenters. The minimum atomic E-state index is -1.79. The zero-order chi connectivity index (χ0) is 109. The predicted molar refractivity (Wildman–Crippen MR) is 572 cm³/mol. The van der Waals surface area contributed by atoms with Crippen molar-refractivity contribution in [1.29, 1.82) is 10.8 Å². The molecule has 0 saturated carbocycles. The van der Waals surface area contributed by atoms with Gasteiger partial charge in [-0.1, -0.05) is 74.5 Å². The summed E-state index contributed by atoms with van der Waals surface area (Å²) in [6, 6.07) is -1.13. The number of carboxylic acid groups (broad SMARTS) is 2. The molecule has 814 valence electrons. The predicted octanol–water partition coefficient (Wildman–Crippen LogP) is 5.58. The van der Waals surface area contributed by atoms with Crippen LogP contribution in [0, 0.1) is 16.7 Å². The number of unbranched alkanes of at least 4 members (excludes halogenated alkanes) is 3. The third kappa shape index (κ3) is 42.8. The smallest absolute Gasteiger partial charge is 0.328 e. The van der Waals surface area contributed by atoms with Crippen LogP contribution in [0.1, 0.15) is 152 Å². The summed E-state index contributed by atoms with van der Waals surface area (Å²) < 4.78 is 0. The number of carbonyl (C=O) groups is 3. The molecular formula is C95H145N29O23S. The number of hydrogen-bond donors (Lipinski definition) is 32. The van der Waals surface area contributed by atoms with Crippen molar-refractivity contribution in [1.82, 2.24) is 30.5 Å². The Morgan fingerprint density at radius 3 is 1.40 bits per heavy atom. The average Bonchev–Trinajstić information content (AvgIpc) is 1.67. The number of aromatic hydroxyl groups is 1. The number of nitrogens with zero attached hydrogens (tertiary/aromatic N) is 17. The number of aliphatic imine (C=N–C) groups is 15. The van der Waals surface area contributed by atoms with E-state index < -0.39 is 248 Å². The maximum absolute atomic E-state index is 14.9. The number of H-pyrrole nitrogens is 2. The van der Waals surface area contributed by atoms with Crippen molar-refractivity contribution in [3.8, 4) is 5.75 Å². The Morgan fingerprint density at radius 1 is 0.473 bits per heavy atom. The zero-order valence-electron chi connectivity index (χ0n) is 83.0. The number of rotatable bonds is 69. The molecule has 15 atom stereocenters. The van der Waals surface area contributed by atoms with Gasteiger partial charge in [0, 0.05) is 80.7 Å². The third-order valence-electron chi connectivity index (χ3n) is 23.2. The van der Waals surface area contributed by atoms with E-state index in [2.05, 4.69) is 100 Å². The van der Waals surface area contributed by atoms with Gasteiger partial charge in [-0.2, -0.15) is 11.8 Å². The lowest BCUT2D eigenvalue weighted by molar-refractivity contribution is -0.139. The number of aromatic nitrogens is 3. The van der Waals surface area contributed by atoms with Gasteiger partial charge in [0.2, 0.25) is 94.4 Å². The second kappa shape index (κ2) is 65.0. The number of phenols is 1. The summed E-state index contributed by atoms with van der Waals surface area (Å²) in [5.41, 5.74) is 36.7. The molecule has 0 aliphatic carbocycles. The van der Waals surface area contributed by atoms with Gasteiger partial charge in [-0.25, -0.2) is 84.7 Å². The number of benzene rings is 3. The molecule has 1 amide bonds. The lowest BCUT2D eigenvalue weighted by Gasteiger charge is -2.27. The second-order valence-corrected chi connectivity index (χ2v) is 36.1. The quantitative estimate of drug-likeness (QED) is 0.0128. The van der Waals surface area contributed by atoms with Crippen LogP contribution in [0.3, 0.4) is 0 Å². The van der Waals surface area contributed by atoms with Gasteiger partial charge < -0.3 is 162 Å². The van der Waals surface area contributed by atoms with Crippen LogP contribution in [0.2, 0.25) is 0 Å². The van der Waals surface area contributed by atoms with Crippen molar-refractivity contribution >= 4 is 141 Å². The van der Waals surface area contributed by atoms with Gasteiger partial charge in [0.1, 0.15) is 97.4 Å². The number of amides is 1. The van der Waals surface area contributed by atoms with E-state index >= 15 is 0 Å². The minimum absolute atomic E-state index is 0.000810. The van der Waals surface area contributed by atoms with E-state index in [0.29, 0.717) is 72.5 Å². The number of hydrogen-bond acceptors (Lipinski definition) is 29. The van der Waals surface area contributed by atoms with Crippen LogP contribution >= 0.6 is 11.8 Å². The Balaban J connectivity index is 1.38. The molecule has 2 aromatic heterocycles. The number of carboxylic acids is 2. The fourth-order valence-corrected chi connectivity index (χ4v) is 15.7. The lowest BCUT2D eigenvalue weighted by atomic mass is 10.0. The molecule has 0 spiro atoms. The van der Waals surface area contributed by atoms with Gasteiger partial charge in [-0.05, 0) is 182 Å². The van der Waals surface area contributed by atoms with Crippen molar-refractivity contribution in [2.24, 2.45) is 115 Å². The summed E-state index contributed by atoms with van der Waals surface area (Å²) in [6.45, 7) is 0.970. The second-order valence-electron chi connectivity index (χ2n) is 35.1. The van der Waals surface area contributed by atoms with Gasteiger partial charge in [-0.15, -0.1) is 0 Å². The van der Waals surface area contributed by atoms with Crippen LogP contribution in [-0.2, 0) is 40.1 Å². The number of aliphatic hydroxyl groups excluding tert-OH is 17. The van der Waals surface area contributed by atoms with Crippen LogP contribution in [0.5, 0.6) is 5.75 Å². The molecule has 1 aliphatic rings. The van der Waals surface area contributed by atoms with E-state index in [0.717, 1.165) is 0 Å². The minimum Gasteiger partial charge on any atom is -0.508 e. The SMILES string of the molecule is CSCC[C@@H](N=C(O)[C@@H](CO)N=C(O)[C@@H](Cc1ccc(O)cc1)N=C(O)[C@@H](N)CO)C(O)=N[C@H](CCC(=O)O)C(O)=N[C@H](Cc1cnc[nH]1)C(O)=N[C@H](Cc1ccccc1)C(O)=N[C@H](CCCNC(=N)N)C(O)=N[C@H](Cc1c[nH]c2ccccc12)C(O)=NCC(O)=N[C@H](CCCCN)C(=O)N1CCC[C@H]1C(O)=N[C@H](C(O)=NCC(O)=N[C@@H](CCCCN)C(O)=N[C@@H](CCCCN)C(O)=N[C@@H](CCCNC(=N)N)C(=O)O)C(C)C. The van der Waals surface area contributed by atoms with E-state index in [1.54, 1.807) is 80.9 Å². The Morgan fingerprint density at radius 2 is 0.905 bits per heavy atom. The summed E-state index contributed by atoms with van der Waals surface area (Å²) in [5, 5.41) is 248. The highest BCUT2D eigenvalue weighted by Gasteiger charge is 2.39. The van der Waals surface area contributed by atoms with Crippen LogP contribution < -0.4 is 45.0 Å². The van der Waals surface area contributed by atoms with Gasteiger partial charge in [0.05, 0.1) is 19.5 Å². The first-order valence-electron chi connectivity index (χ1n) is 48.4. The van der Waals surface area contributed by atoms with Crippen LogP contribution in [-0.4, -0.2) is 408 Å². The summed E-state index contributed by atoms with van der Waals surface area (Å²) in [6.07, 6.45) is 6.46. The molecular weight excluding hydrogens is 1950 g/mol. The first-order chi connectivity index (χ1) is 70.7. The van der Waals surface area contributed by atoms with E-state index in [1.807, 2.05) is 0 Å². The summed E-state index contributed by atoms with van der Waals surface area (Å²) in [7, 11) is 0. The normalized spacial score (nSPS) is 17.6. The number of thioether (sulfide) groups is 1. The topological polar surface area (TPSA) is 917 Å². The maximum atomic E-state index is 14.9. The molecule has 3 aromatic carbocycles. The number of fused-ring (bicyclic) bond motifs is 1. The fraction of sp³-hybridized carbons (Fsp3) is 0.547. The van der Waals surface area contributed by atoms with E-state index in [1.165, 1.54) is 53.5 Å². The number of para-hydroxylation sites is 1.